The number of Topliss-reactive ketones (excluding diaryl/α,β-unsaturated/α-hetero) is 1. The van der Waals surface area contributed by atoms with Crippen LogP contribution >= 0.6 is 0 Å². The molecule has 4 heteroatoms. The summed E-state index contributed by atoms with van der Waals surface area (Å²) in [6.45, 7) is 1.99. The quantitative estimate of drug-likeness (QED) is 0.761. The Balaban J connectivity index is 1.98. The maximum atomic E-state index is 11.6. The van der Waals surface area contributed by atoms with Crippen LogP contribution < -0.4 is 0 Å². The summed E-state index contributed by atoms with van der Waals surface area (Å²) in [5, 5.41) is 3.83. The number of aromatic nitrogens is 2. The van der Waals surface area contributed by atoms with Crippen LogP contribution in [0.2, 0.25) is 0 Å². The van der Waals surface area contributed by atoms with Crippen molar-refractivity contribution in [1.29, 1.82) is 0 Å². The van der Waals surface area contributed by atoms with Crippen molar-refractivity contribution in [1.82, 2.24) is 10.1 Å². The van der Waals surface area contributed by atoms with Crippen molar-refractivity contribution in [3.63, 3.8) is 0 Å². The van der Waals surface area contributed by atoms with Crippen molar-refractivity contribution in [3.8, 4) is 0 Å². The summed E-state index contributed by atoms with van der Waals surface area (Å²) in [6, 6.07) is 0. The normalized spacial score (nSPS) is 21.9. The minimum Gasteiger partial charge on any atom is -0.339 e. The van der Waals surface area contributed by atoms with Gasteiger partial charge in [-0.25, -0.2) is 0 Å². The van der Waals surface area contributed by atoms with Crippen LogP contribution in [0.5, 0.6) is 0 Å². The number of aryl methyl sites for hydroxylation is 1. The van der Waals surface area contributed by atoms with Gasteiger partial charge < -0.3 is 4.52 Å². The minimum atomic E-state index is 0.115. The summed E-state index contributed by atoms with van der Waals surface area (Å²) in [4.78, 5) is 15.8. The van der Waals surface area contributed by atoms with Crippen LogP contribution in [0.4, 0.5) is 0 Å². The lowest BCUT2D eigenvalue weighted by Gasteiger charge is -2.18. The molecule has 1 aliphatic carbocycles. The van der Waals surface area contributed by atoms with Gasteiger partial charge >= 0.3 is 0 Å². The highest BCUT2D eigenvalue weighted by atomic mass is 16.5. The number of rotatable bonds is 3. The van der Waals surface area contributed by atoms with E-state index in [0.717, 1.165) is 37.9 Å². The first-order valence-electron chi connectivity index (χ1n) is 5.63. The zero-order valence-corrected chi connectivity index (χ0v) is 9.03. The molecule has 0 aromatic carbocycles. The van der Waals surface area contributed by atoms with Crippen molar-refractivity contribution >= 4 is 5.78 Å². The molecule has 1 unspecified atom stereocenters. The van der Waals surface area contributed by atoms with Crippen LogP contribution in [0.1, 0.15) is 44.3 Å². The topological polar surface area (TPSA) is 56.0 Å². The predicted molar refractivity (Wildman–Crippen MR) is 54.3 cm³/mol. The second-order valence-electron chi connectivity index (χ2n) is 4.07. The van der Waals surface area contributed by atoms with Crippen LogP contribution in [0.25, 0.3) is 0 Å². The van der Waals surface area contributed by atoms with E-state index in [-0.39, 0.29) is 5.92 Å². The molecule has 1 aromatic rings. The van der Waals surface area contributed by atoms with Crippen molar-refractivity contribution in [2.24, 2.45) is 5.92 Å². The second-order valence-corrected chi connectivity index (χ2v) is 4.07. The van der Waals surface area contributed by atoms with Crippen molar-refractivity contribution in [2.45, 2.75) is 45.4 Å². The molecule has 1 aliphatic rings. The molecule has 0 saturated heterocycles. The monoisotopic (exact) mass is 208 g/mol. The first-order valence-corrected chi connectivity index (χ1v) is 5.63. The van der Waals surface area contributed by atoms with Gasteiger partial charge in [0, 0.05) is 25.2 Å². The maximum Gasteiger partial charge on any atom is 0.227 e. The Kier molecular flexibility index (Phi) is 3.14. The molecular weight excluding hydrogens is 192 g/mol. The van der Waals surface area contributed by atoms with Crippen LogP contribution in [0.15, 0.2) is 4.52 Å². The highest BCUT2D eigenvalue weighted by Gasteiger charge is 2.24. The number of hydrogen-bond donors (Lipinski definition) is 0. The number of nitrogens with zero attached hydrogens (tertiary/aromatic N) is 2. The van der Waals surface area contributed by atoms with Crippen molar-refractivity contribution in [3.05, 3.63) is 11.7 Å². The van der Waals surface area contributed by atoms with Gasteiger partial charge in [0.2, 0.25) is 5.89 Å². The van der Waals surface area contributed by atoms with Crippen LogP contribution in [-0.4, -0.2) is 15.9 Å². The predicted octanol–water partition coefficient (Wildman–Crippen LogP) is 1.93. The fourth-order valence-corrected chi connectivity index (χ4v) is 2.00. The zero-order chi connectivity index (χ0) is 10.7. The number of carbonyl (C=O) groups is 1. The largest absolute Gasteiger partial charge is 0.339 e. The Morgan fingerprint density at radius 3 is 3.00 bits per heavy atom. The summed E-state index contributed by atoms with van der Waals surface area (Å²) in [5.41, 5.74) is 0. The molecule has 0 spiro atoms. The molecule has 2 rings (SSSR count). The molecule has 82 valence electrons. The first-order chi connectivity index (χ1) is 7.29. The smallest absolute Gasteiger partial charge is 0.227 e. The standard InChI is InChI=1S/C11H16N2O2/c1-2-10-12-11(15-13-10)7-8-5-3-4-6-9(8)14/h8H,2-7H2,1H3. The van der Waals surface area contributed by atoms with E-state index < -0.39 is 0 Å². The summed E-state index contributed by atoms with van der Waals surface area (Å²) >= 11 is 0. The van der Waals surface area contributed by atoms with E-state index in [1.165, 1.54) is 0 Å². The molecule has 0 radical (unpaired) electrons. The minimum absolute atomic E-state index is 0.115. The lowest BCUT2D eigenvalue weighted by atomic mass is 9.86. The van der Waals surface area contributed by atoms with Crippen LogP contribution in [-0.2, 0) is 17.6 Å². The van der Waals surface area contributed by atoms with Crippen LogP contribution in [0.3, 0.4) is 0 Å². The van der Waals surface area contributed by atoms with E-state index in [1.54, 1.807) is 0 Å². The van der Waals surface area contributed by atoms with Gasteiger partial charge in [0.15, 0.2) is 5.82 Å². The van der Waals surface area contributed by atoms with Crippen molar-refractivity contribution in [2.75, 3.05) is 0 Å². The Morgan fingerprint density at radius 1 is 1.47 bits per heavy atom. The highest BCUT2D eigenvalue weighted by molar-refractivity contribution is 5.81. The van der Waals surface area contributed by atoms with Gasteiger partial charge in [0.25, 0.3) is 0 Å². The van der Waals surface area contributed by atoms with Gasteiger partial charge in [0.1, 0.15) is 5.78 Å². The summed E-state index contributed by atoms with van der Waals surface area (Å²) in [5.74, 6) is 1.82. The van der Waals surface area contributed by atoms with Gasteiger partial charge in [-0.3, -0.25) is 4.79 Å². The third-order valence-corrected chi connectivity index (χ3v) is 2.93. The maximum absolute atomic E-state index is 11.6. The van der Waals surface area contributed by atoms with Gasteiger partial charge in [-0.1, -0.05) is 18.5 Å². The molecule has 1 saturated carbocycles. The lowest BCUT2D eigenvalue weighted by Crippen LogP contribution is -2.21. The SMILES string of the molecule is CCc1noc(CC2CCCCC2=O)n1. The average molecular weight is 208 g/mol. The Hall–Kier alpha value is -1.19. The summed E-state index contributed by atoms with van der Waals surface area (Å²) < 4.78 is 5.09. The third kappa shape index (κ3) is 2.43. The number of hydrogen-bond acceptors (Lipinski definition) is 4. The molecule has 0 amide bonds. The van der Waals surface area contributed by atoms with Crippen molar-refractivity contribution < 1.29 is 9.32 Å². The first kappa shape index (κ1) is 10.3. The average Bonchev–Trinajstić information content (AvgIpc) is 2.69. The molecule has 4 nitrogen and oxygen atoms in total. The van der Waals surface area contributed by atoms with E-state index in [9.17, 15) is 4.79 Å². The molecule has 0 bridgehead atoms. The second kappa shape index (κ2) is 4.55. The Bertz CT molecular complexity index is 346. The fraction of sp³-hybridized carbons (Fsp3) is 0.727. The Morgan fingerprint density at radius 2 is 2.33 bits per heavy atom. The molecule has 0 aliphatic heterocycles. The van der Waals surface area contributed by atoms with Crippen LogP contribution in [0, 0.1) is 5.92 Å². The van der Waals surface area contributed by atoms with Gasteiger partial charge in [-0.05, 0) is 12.8 Å². The van der Waals surface area contributed by atoms with E-state index >= 15 is 0 Å². The van der Waals surface area contributed by atoms with Gasteiger partial charge in [-0.2, -0.15) is 4.98 Å². The molecule has 15 heavy (non-hydrogen) atoms. The number of ketones is 1. The van der Waals surface area contributed by atoms with E-state index in [1.807, 2.05) is 6.92 Å². The molecule has 1 fully saturated rings. The van der Waals surface area contributed by atoms with Gasteiger partial charge in [0.05, 0.1) is 0 Å². The molecule has 1 aromatic heterocycles. The molecule has 1 heterocycles. The highest BCUT2D eigenvalue weighted by Crippen LogP contribution is 2.23. The molecule has 1 atom stereocenters. The fourth-order valence-electron chi connectivity index (χ4n) is 2.00. The summed E-state index contributed by atoms with van der Waals surface area (Å²) in [7, 11) is 0. The Labute approximate surface area is 89.1 Å². The molecule has 0 N–H and O–H groups in total. The van der Waals surface area contributed by atoms with E-state index in [0.29, 0.717) is 18.1 Å². The lowest BCUT2D eigenvalue weighted by molar-refractivity contribution is -0.124. The third-order valence-electron chi connectivity index (χ3n) is 2.93. The van der Waals surface area contributed by atoms with E-state index in [2.05, 4.69) is 10.1 Å². The summed E-state index contributed by atoms with van der Waals surface area (Å²) in [6.07, 6.45) is 5.29. The molecular formula is C11H16N2O2. The number of carbonyl (C=O) groups excluding carboxylic acids is 1. The van der Waals surface area contributed by atoms with Gasteiger partial charge in [-0.15, -0.1) is 0 Å². The van der Waals surface area contributed by atoms with E-state index in [4.69, 9.17) is 4.52 Å². The zero-order valence-electron chi connectivity index (χ0n) is 9.03.